The first-order chi connectivity index (χ1) is 8.20. The topological polar surface area (TPSA) is 80.9 Å². The van der Waals surface area contributed by atoms with Gasteiger partial charge in [0.1, 0.15) is 0 Å². The third kappa shape index (κ3) is 12.1. The molecule has 4 N–H and O–H groups in total. The van der Waals surface area contributed by atoms with Crippen molar-refractivity contribution < 1.29 is 20.4 Å². The first-order valence-electron chi connectivity index (χ1n) is 6.78. The predicted octanol–water partition coefficient (Wildman–Crippen LogP) is 1.41. The summed E-state index contributed by atoms with van der Waals surface area (Å²) in [5, 5.41) is 35.2. The Morgan fingerprint density at radius 3 is 1.65 bits per heavy atom. The Morgan fingerprint density at radius 1 is 0.647 bits per heavy atom. The molecule has 104 valence electrons. The minimum atomic E-state index is -1.18. The second-order valence-corrected chi connectivity index (χ2v) is 4.74. The average molecular weight is 248 g/mol. The zero-order chi connectivity index (χ0) is 12.9. The zero-order valence-corrected chi connectivity index (χ0v) is 10.7. The molecule has 0 aromatic rings. The van der Waals surface area contributed by atoms with Crippen molar-refractivity contribution in [3.8, 4) is 0 Å². The first-order valence-corrected chi connectivity index (χ1v) is 6.78. The standard InChI is InChI=1S/C13H28O4/c14-10-6-2-4-8-12(11-15)7-3-1-5-9-13(16)17/h12-17H,1-11H2. The van der Waals surface area contributed by atoms with Gasteiger partial charge in [-0.15, -0.1) is 0 Å². The summed E-state index contributed by atoms with van der Waals surface area (Å²) in [6.07, 6.45) is 7.12. The van der Waals surface area contributed by atoms with Crippen LogP contribution in [0.1, 0.15) is 57.8 Å². The number of aliphatic hydroxyl groups is 4. The number of rotatable bonds is 12. The van der Waals surface area contributed by atoms with E-state index in [2.05, 4.69) is 0 Å². The highest BCUT2D eigenvalue weighted by atomic mass is 16.5. The van der Waals surface area contributed by atoms with Crippen LogP contribution in [0.25, 0.3) is 0 Å². The summed E-state index contributed by atoms with van der Waals surface area (Å²) >= 11 is 0. The molecule has 0 spiro atoms. The molecule has 0 aromatic carbocycles. The molecule has 0 saturated carbocycles. The van der Waals surface area contributed by atoms with Crippen molar-refractivity contribution in [3.63, 3.8) is 0 Å². The molecule has 0 aliphatic rings. The van der Waals surface area contributed by atoms with Crippen molar-refractivity contribution in [1.29, 1.82) is 0 Å². The van der Waals surface area contributed by atoms with E-state index in [9.17, 15) is 5.11 Å². The third-order valence-corrected chi connectivity index (χ3v) is 3.10. The Kier molecular flexibility index (Phi) is 12.2. The lowest BCUT2D eigenvalue weighted by Gasteiger charge is -2.13. The fraction of sp³-hybridized carbons (Fsp3) is 1.00. The molecule has 17 heavy (non-hydrogen) atoms. The Hall–Kier alpha value is -0.160. The van der Waals surface area contributed by atoms with Crippen LogP contribution < -0.4 is 0 Å². The fourth-order valence-corrected chi connectivity index (χ4v) is 1.99. The van der Waals surface area contributed by atoms with E-state index in [0.717, 1.165) is 51.4 Å². The Morgan fingerprint density at radius 2 is 1.18 bits per heavy atom. The predicted molar refractivity (Wildman–Crippen MR) is 67.4 cm³/mol. The highest BCUT2D eigenvalue weighted by Crippen LogP contribution is 2.17. The number of hydrogen-bond acceptors (Lipinski definition) is 4. The molecular formula is C13H28O4. The van der Waals surface area contributed by atoms with Gasteiger partial charge in [0.2, 0.25) is 0 Å². The van der Waals surface area contributed by atoms with Crippen LogP contribution in [0, 0.1) is 5.92 Å². The molecule has 0 rings (SSSR count). The summed E-state index contributed by atoms with van der Waals surface area (Å²) in [6, 6.07) is 0. The maximum absolute atomic E-state index is 9.20. The molecule has 1 atom stereocenters. The third-order valence-electron chi connectivity index (χ3n) is 3.10. The molecule has 0 aliphatic heterocycles. The molecule has 4 nitrogen and oxygen atoms in total. The summed E-state index contributed by atoms with van der Waals surface area (Å²) < 4.78 is 0. The fourth-order valence-electron chi connectivity index (χ4n) is 1.99. The smallest absolute Gasteiger partial charge is 0.151 e. The van der Waals surface area contributed by atoms with Crippen molar-refractivity contribution in [3.05, 3.63) is 0 Å². The van der Waals surface area contributed by atoms with E-state index in [1.807, 2.05) is 0 Å². The van der Waals surface area contributed by atoms with Crippen molar-refractivity contribution in [2.45, 2.75) is 64.1 Å². The van der Waals surface area contributed by atoms with Gasteiger partial charge in [0.15, 0.2) is 6.29 Å². The van der Waals surface area contributed by atoms with Crippen LogP contribution >= 0.6 is 0 Å². The number of aliphatic hydroxyl groups excluding tert-OH is 3. The highest BCUT2D eigenvalue weighted by Gasteiger charge is 2.07. The van der Waals surface area contributed by atoms with E-state index < -0.39 is 6.29 Å². The molecule has 0 fully saturated rings. The van der Waals surface area contributed by atoms with Gasteiger partial charge < -0.3 is 20.4 Å². The normalized spacial score (nSPS) is 13.2. The monoisotopic (exact) mass is 248 g/mol. The van der Waals surface area contributed by atoms with E-state index >= 15 is 0 Å². The SMILES string of the molecule is OCCCCCC(CO)CCCCCC(O)O. The highest BCUT2D eigenvalue weighted by molar-refractivity contribution is 4.59. The molecule has 0 aliphatic carbocycles. The Balaban J connectivity index is 3.34. The summed E-state index contributed by atoms with van der Waals surface area (Å²) in [6.45, 7) is 0.495. The summed E-state index contributed by atoms with van der Waals surface area (Å²) in [7, 11) is 0. The van der Waals surface area contributed by atoms with Crippen LogP contribution in [-0.4, -0.2) is 39.9 Å². The summed E-state index contributed by atoms with van der Waals surface area (Å²) in [5.74, 6) is 0.368. The molecular weight excluding hydrogens is 220 g/mol. The van der Waals surface area contributed by atoms with E-state index in [4.69, 9.17) is 15.3 Å². The molecule has 0 amide bonds. The van der Waals surface area contributed by atoms with E-state index in [1.165, 1.54) is 0 Å². The van der Waals surface area contributed by atoms with Gasteiger partial charge in [0.05, 0.1) is 0 Å². The van der Waals surface area contributed by atoms with Gasteiger partial charge in [0, 0.05) is 13.2 Å². The minimum Gasteiger partial charge on any atom is -0.396 e. The van der Waals surface area contributed by atoms with Crippen LogP contribution in [0.5, 0.6) is 0 Å². The molecule has 0 saturated heterocycles. The average Bonchev–Trinajstić information content (AvgIpc) is 2.31. The molecule has 0 radical (unpaired) electrons. The van der Waals surface area contributed by atoms with Gasteiger partial charge in [0.25, 0.3) is 0 Å². The van der Waals surface area contributed by atoms with Crippen molar-refractivity contribution in [1.82, 2.24) is 0 Å². The van der Waals surface area contributed by atoms with Crippen molar-refractivity contribution >= 4 is 0 Å². The summed E-state index contributed by atoms with van der Waals surface area (Å²) in [4.78, 5) is 0. The van der Waals surface area contributed by atoms with Crippen molar-refractivity contribution in [2.24, 2.45) is 5.92 Å². The van der Waals surface area contributed by atoms with Crippen LogP contribution in [0.2, 0.25) is 0 Å². The lowest BCUT2D eigenvalue weighted by Crippen LogP contribution is -2.07. The van der Waals surface area contributed by atoms with E-state index in [-0.39, 0.29) is 13.2 Å². The van der Waals surface area contributed by atoms with Crippen molar-refractivity contribution in [2.75, 3.05) is 13.2 Å². The Labute approximate surface area is 104 Å². The van der Waals surface area contributed by atoms with Gasteiger partial charge >= 0.3 is 0 Å². The van der Waals surface area contributed by atoms with Crippen LogP contribution in [0.4, 0.5) is 0 Å². The second-order valence-electron chi connectivity index (χ2n) is 4.74. The number of unbranched alkanes of at least 4 members (excludes halogenated alkanes) is 4. The van der Waals surface area contributed by atoms with Gasteiger partial charge in [-0.05, 0) is 38.0 Å². The lowest BCUT2D eigenvalue weighted by atomic mass is 9.95. The van der Waals surface area contributed by atoms with Gasteiger partial charge in [-0.25, -0.2) is 0 Å². The molecule has 0 heterocycles. The molecule has 0 bridgehead atoms. The maximum Gasteiger partial charge on any atom is 0.151 e. The van der Waals surface area contributed by atoms with Crippen LogP contribution in [0.3, 0.4) is 0 Å². The van der Waals surface area contributed by atoms with Crippen LogP contribution in [-0.2, 0) is 0 Å². The van der Waals surface area contributed by atoms with Gasteiger partial charge in [-0.2, -0.15) is 0 Å². The van der Waals surface area contributed by atoms with Gasteiger partial charge in [-0.3, -0.25) is 0 Å². The summed E-state index contributed by atoms with van der Waals surface area (Å²) in [5.41, 5.74) is 0. The zero-order valence-electron chi connectivity index (χ0n) is 10.7. The Bertz CT molecular complexity index is 150. The largest absolute Gasteiger partial charge is 0.396 e. The van der Waals surface area contributed by atoms with Gasteiger partial charge in [-0.1, -0.05) is 25.7 Å². The quantitative estimate of drug-likeness (QED) is 0.311. The second kappa shape index (κ2) is 12.3. The first kappa shape index (κ1) is 16.8. The molecule has 0 aromatic heterocycles. The van der Waals surface area contributed by atoms with Crippen LogP contribution in [0.15, 0.2) is 0 Å². The minimum absolute atomic E-state index is 0.238. The molecule has 4 heteroatoms. The van der Waals surface area contributed by atoms with E-state index in [0.29, 0.717) is 12.3 Å². The molecule has 1 unspecified atom stereocenters. The lowest BCUT2D eigenvalue weighted by molar-refractivity contribution is -0.0466. The van der Waals surface area contributed by atoms with E-state index in [1.54, 1.807) is 0 Å². The number of hydrogen-bond donors (Lipinski definition) is 4. The maximum atomic E-state index is 9.20.